The maximum atomic E-state index is 11.9. The van der Waals surface area contributed by atoms with Gasteiger partial charge in [-0.3, -0.25) is 9.59 Å². The Morgan fingerprint density at radius 3 is 2.21 bits per heavy atom. The van der Waals surface area contributed by atoms with Crippen LogP contribution in [0.3, 0.4) is 0 Å². The van der Waals surface area contributed by atoms with Crippen LogP contribution in [0.4, 0.5) is 5.69 Å². The SMILES string of the molecule is Cc1cccc(C(C)C)c1NC(=O)C(=O)NC(C)C. The van der Waals surface area contributed by atoms with Gasteiger partial charge < -0.3 is 10.6 Å². The van der Waals surface area contributed by atoms with E-state index in [1.807, 2.05) is 39.0 Å². The highest BCUT2D eigenvalue weighted by Crippen LogP contribution is 2.27. The maximum absolute atomic E-state index is 11.9. The lowest BCUT2D eigenvalue weighted by molar-refractivity contribution is -0.136. The second-order valence-corrected chi connectivity index (χ2v) is 5.28. The molecule has 1 rings (SSSR count). The van der Waals surface area contributed by atoms with E-state index in [0.29, 0.717) is 0 Å². The minimum absolute atomic E-state index is 0.0558. The molecule has 1 aromatic rings. The van der Waals surface area contributed by atoms with Crippen molar-refractivity contribution in [2.45, 2.75) is 46.6 Å². The van der Waals surface area contributed by atoms with Gasteiger partial charge in [-0.1, -0.05) is 32.0 Å². The smallest absolute Gasteiger partial charge is 0.313 e. The highest BCUT2D eigenvalue weighted by Gasteiger charge is 2.18. The van der Waals surface area contributed by atoms with Crippen LogP contribution in [0.5, 0.6) is 0 Å². The molecule has 0 aliphatic carbocycles. The molecule has 19 heavy (non-hydrogen) atoms. The molecule has 0 fully saturated rings. The van der Waals surface area contributed by atoms with Crippen molar-refractivity contribution in [2.75, 3.05) is 5.32 Å². The lowest BCUT2D eigenvalue weighted by Gasteiger charge is -2.16. The van der Waals surface area contributed by atoms with Gasteiger partial charge in [-0.25, -0.2) is 0 Å². The monoisotopic (exact) mass is 262 g/mol. The molecule has 104 valence electrons. The van der Waals surface area contributed by atoms with Crippen molar-refractivity contribution in [1.29, 1.82) is 0 Å². The van der Waals surface area contributed by atoms with E-state index in [-0.39, 0.29) is 12.0 Å². The Labute approximate surface area is 114 Å². The largest absolute Gasteiger partial charge is 0.346 e. The first-order valence-electron chi connectivity index (χ1n) is 6.54. The first kappa shape index (κ1) is 15.2. The van der Waals surface area contributed by atoms with Gasteiger partial charge in [0.2, 0.25) is 0 Å². The Bertz CT molecular complexity index is 479. The molecule has 0 spiro atoms. The standard InChI is InChI=1S/C15H22N2O2/c1-9(2)12-8-6-7-11(5)13(12)17-15(19)14(18)16-10(3)4/h6-10H,1-5H3,(H,16,18)(H,17,19). The molecule has 0 saturated heterocycles. The molecule has 0 aromatic heterocycles. The highest BCUT2D eigenvalue weighted by molar-refractivity contribution is 6.39. The van der Waals surface area contributed by atoms with Crippen LogP contribution in [-0.4, -0.2) is 17.9 Å². The summed E-state index contributed by atoms with van der Waals surface area (Å²) in [5, 5.41) is 5.29. The number of rotatable bonds is 3. The lowest BCUT2D eigenvalue weighted by Crippen LogP contribution is -2.39. The maximum Gasteiger partial charge on any atom is 0.313 e. The number of carbonyl (C=O) groups excluding carboxylic acids is 2. The molecular formula is C15H22N2O2. The van der Waals surface area contributed by atoms with E-state index in [0.717, 1.165) is 16.8 Å². The molecule has 0 atom stereocenters. The first-order chi connectivity index (χ1) is 8.82. The summed E-state index contributed by atoms with van der Waals surface area (Å²) in [6.07, 6.45) is 0. The van der Waals surface area contributed by atoms with Gasteiger partial charge >= 0.3 is 11.8 Å². The molecule has 2 amide bonds. The molecule has 1 aromatic carbocycles. The average molecular weight is 262 g/mol. The lowest BCUT2D eigenvalue weighted by atomic mass is 9.98. The van der Waals surface area contributed by atoms with Crippen LogP contribution < -0.4 is 10.6 Å². The zero-order chi connectivity index (χ0) is 14.6. The quantitative estimate of drug-likeness (QED) is 0.823. The predicted octanol–water partition coefficient (Wildman–Crippen LogP) is 2.58. The Hall–Kier alpha value is -1.84. The van der Waals surface area contributed by atoms with E-state index in [1.165, 1.54) is 0 Å². The van der Waals surface area contributed by atoms with Gasteiger partial charge in [-0.05, 0) is 37.8 Å². The third-order valence-electron chi connectivity index (χ3n) is 2.79. The van der Waals surface area contributed by atoms with Crippen molar-refractivity contribution in [2.24, 2.45) is 0 Å². The summed E-state index contributed by atoms with van der Waals surface area (Å²) in [4.78, 5) is 23.5. The Kier molecular flexibility index (Phi) is 5.10. The van der Waals surface area contributed by atoms with Crippen molar-refractivity contribution in [3.63, 3.8) is 0 Å². The number of hydrogen-bond donors (Lipinski definition) is 2. The molecule has 0 heterocycles. The summed E-state index contributed by atoms with van der Waals surface area (Å²) in [6, 6.07) is 5.78. The number of anilines is 1. The van der Waals surface area contributed by atoms with Crippen LogP contribution in [0.25, 0.3) is 0 Å². The van der Waals surface area contributed by atoms with E-state index >= 15 is 0 Å². The number of hydrogen-bond acceptors (Lipinski definition) is 2. The fourth-order valence-corrected chi connectivity index (χ4v) is 1.84. The second kappa shape index (κ2) is 6.36. The molecule has 4 heteroatoms. The highest BCUT2D eigenvalue weighted by atomic mass is 16.2. The van der Waals surface area contributed by atoms with Gasteiger partial charge in [-0.15, -0.1) is 0 Å². The molecule has 0 saturated carbocycles. The van der Waals surface area contributed by atoms with Crippen LogP contribution >= 0.6 is 0 Å². The van der Waals surface area contributed by atoms with Gasteiger partial charge in [-0.2, -0.15) is 0 Å². The predicted molar refractivity (Wildman–Crippen MR) is 77.2 cm³/mol. The van der Waals surface area contributed by atoms with Crippen LogP contribution in [-0.2, 0) is 9.59 Å². The second-order valence-electron chi connectivity index (χ2n) is 5.28. The third kappa shape index (κ3) is 4.09. The number of benzene rings is 1. The zero-order valence-electron chi connectivity index (χ0n) is 12.2. The Morgan fingerprint density at radius 2 is 1.68 bits per heavy atom. The molecule has 0 unspecified atom stereocenters. The first-order valence-corrected chi connectivity index (χ1v) is 6.54. The zero-order valence-corrected chi connectivity index (χ0v) is 12.2. The van der Waals surface area contributed by atoms with Crippen molar-refractivity contribution in [3.8, 4) is 0 Å². The summed E-state index contributed by atoms with van der Waals surface area (Å²) in [5.41, 5.74) is 2.73. The summed E-state index contributed by atoms with van der Waals surface area (Å²) in [6.45, 7) is 9.66. The van der Waals surface area contributed by atoms with E-state index in [9.17, 15) is 9.59 Å². The molecule has 0 bridgehead atoms. The Balaban J connectivity index is 2.93. The van der Waals surface area contributed by atoms with Gasteiger partial charge in [0.05, 0.1) is 0 Å². The summed E-state index contributed by atoms with van der Waals surface area (Å²) in [7, 11) is 0. The third-order valence-corrected chi connectivity index (χ3v) is 2.79. The minimum Gasteiger partial charge on any atom is -0.346 e. The normalized spacial score (nSPS) is 10.7. The molecular weight excluding hydrogens is 240 g/mol. The number of carbonyl (C=O) groups is 2. The number of amides is 2. The molecule has 0 aliphatic heterocycles. The van der Waals surface area contributed by atoms with Crippen LogP contribution in [0.1, 0.15) is 44.7 Å². The van der Waals surface area contributed by atoms with Crippen molar-refractivity contribution in [1.82, 2.24) is 5.32 Å². The van der Waals surface area contributed by atoms with E-state index in [2.05, 4.69) is 24.5 Å². The minimum atomic E-state index is -0.620. The van der Waals surface area contributed by atoms with Crippen molar-refractivity contribution in [3.05, 3.63) is 29.3 Å². The summed E-state index contributed by atoms with van der Waals surface area (Å²) in [5.74, 6) is -0.943. The van der Waals surface area contributed by atoms with Crippen LogP contribution in [0.2, 0.25) is 0 Å². The molecule has 0 radical (unpaired) electrons. The Morgan fingerprint density at radius 1 is 1.05 bits per heavy atom. The molecule has 0 aliphatic rings. The number of aryl methyl sites for hydroxylation is 1. The summed E-state index contributed by atoms with van der Waals surface area (Å²) < 4.78 is 0. The fourth-order valence-electron chi connectivity index (χ4n) is 1.84. The number of nitrogens with one attached hydrogen (secondary N) is 2. The molecule has 2 N–H and O–H groups in total. The van der Waals surface area contributed by atoms with E-state index < -0.39 is 11.8 Å². The van der Waals surface area contributed by atoms with Gasteiger partial charge in [0.1, 0.15) is 0 Å². The fraction of sp³-hybridized carbons (Fsp3) is 0.467. The van der Waals surface area contributed by atoms with E-state index in [4.69, 9.17) is 0 Å². The van der Waals surface area contributed by atoms with Gasteiger partial charge in [0.15, 0.2) is 0 Å². The average Bonchev–Trinajstić information content (AvgIpc) is 2.30. The van der Waals surface area contributed by atoms with Crippen molar-refractivity contribution < 1.29 is 9.59 Å². The van der Waals surface area contributed by atoms with Crippen LogP contribution in [0.15, 0.2) is 18.2 Å². The topological polar surface area (TPSA) is 58.2 Å². The summed E-state index contributed by atoms with van der Waals surface area (Å²) >= 11 is 0. The number of para-hydroxylation sites is 1. The van der Waals surface area contributed by atoms with Gasteiger partial charge in [0, 0.05) is 11.7 Å². The van der Waals surface area contributed by atoms with Gasteiger partial charge in [0.25, 0.3) is 0 Å². The molecule has 4 nitrogen and oxygen atoms in total. The van der Waals surface area contributed by atoms with Crippen molar-refractivity contribution >= 4 is 17.5 Å². The van der Waals surface area contributed by atoms with Crippen LogP contribution in [0, 0.1) is 6.92 Å². The van der Waals surface area contributed by atoms with E-state index in [1.54, 1.807) is 0 Å².